The Labute approximate surface area is 162 Å². The van der Waals surface area contributed by atoms with E-state index in [0.717, 1.165) is 34.1 Å². The highest BCUT2D eigenvalue weighted by Gasteiger charge is 2.30. The van der Waals surface area contributed by atoms with E-state index in [0.29, 0.717) is 11.1 Å². The molecule has 0 unspecified atom stereocenters. The first kappa shape index (κ1) is 21.9. The lowest BCUT2D eigenvalue weighted by molar-refractivity contribution is -0.137. The predicted molar refractivity (Wildman–Crippen MR) is 101 cm³/mol. The van der Waals surface area contributed by atoms with Crippen molar-refractivity contribution < 1.29 is 26.4 Å². The predicted octanol–water partition coefficient (Wildman–Crippen LogP) is 3.89. The van der Waals surface area contributed by atoms with Gasteiger partial charge in [-0.05, 0) is 56.2 Å². The van der Waals surface area contributed by atoms with Crippen LogP contribution in [0.2, 0.25) is 0 Å². The van der Waals surface area contributed by atoms with Crippen molar-refractivity contribution in [2.24, 2.45) is 0 Å². The number of aryl methyl sites for hydroxylation is 3. The van der Waals surface area contributed by atoms with Gasteiger partial charge in [-0.1, -0.05) is 17.7 Å². The molecule has 0 radical (unpaired) electrons. The van der Waals surface area contributed by atoms with Crippen molar-refractivity contribution in [2.45, 2.75) is 31.8 Å². The highest BCUT2D eigenvalue weighted by atomic mass is 32.2. The second-order valence-electron chi connectivity index (χ2n) is 6.61. The van der Waals surface area contributed by atoms with E-state index in [1.54, 1.807) is 26.0 Å². The molecule has 152 valence electrons. The van der Waals surface area contributed by atoms with E-state index in [4.69, 9.17) is 0 Å². The Hall–Kier alpha value is -2.39. The summed E-state index contributed by atoms with van der Waals surface area (Å²) in [6, 6.07) is 7.41. The van der Waals surface area contributed by atoms with E-state index in [-0.39, 0.29) is 10.6 Å². The Bertz CT molecular complexity index is 961. The number of hydrogen-bond acceptors (Lipinski definition) is 3. The summed E-state index contributed by atoms with van der Waals surface area (Å²) in [6.45, 7) is 4.75. The summed E-state index contributed by atoms with van der Waals surface area (Å²) < 4.78 is 64.3. The second kappa shape index (κ2) is 7.92. The Kier molecular flexibility index (Phi) is 6.20. The number of anilines is 1. The Balaban J connectivity index is 2.14. The topological polar surface area (TPSA) is 66.5 Å². The SMILES string of the molecule is Cc1cc(C)c(S(=O)(=O)N(C)CC(=O)Nc2ccc(C(F)(F)F)cc2)c(C)c1. The van der Waals surface area contributed by atoms with E-state index in [2.05, 4.69) is 5.32 Å². The van der Waals surface area contributed by atoms with Crippen LogP contribution in [-0.2, 0) is 21.0 Å². The molecule has 0 aromatic heterocycles. The summed E-state index contributed by atoms with van der Waals surface area (Å²) in [5, 5.41) is 2.40. The molecular weight excluding hydrogens is 393 g/mol. The molecular formula is C19H21F3N2O3S. The molecule has 2 rings (SSSR count). The molecule has 5 nitrogen and oxygen atoms in total. The minimum atomic E-state index is -4.47. The number of hydrogen-bond donors (Lipinski definition) is 1. The summed E-state index contributed by atoms with van der Waals surface area (Å²) >= 11 is 0. The molecule has 0 heterocycles. The first-order chi connectivity index (χ1) is 12.8. The minimum absolute atomic E-state index is 0.142. The van der Waals surface area contributed by atoms with Crippen molar-refractivity contribution in [3.8, 4) is 0 Å². The van der Waals surface area contributed by atoms with Crippen LogP contribution >= 0.6 is 0 Å². The van der Waals surface area contributed by atoms with Crippen LogP contribution in [0.15, 0.2) is 41.3 Å². The van der Waals surface area contributed by atoms with E-state index in [1.807, 2.05) is 6.92 Å². The number of benzene rings is 2. The number of rotatable bonds is 5. The fourth-order valence-electron chi connectivity index (χ4n) is 2.96. The number of nitrogens with zero attached hydrogens (tertiary/aromatic N) is 1. The van der Waals surface area contributed by atoms with Gasteiger partial charge >= 0.3 is 6.18 Å². The monoisotopic (exact) mass is 414 g/mol. The molecule has 2 aromatic rings. The lowest BCUT2D eigenvalue weighted by Crippen LogP contribution is -2.35. The van der Waals surface area contributed by atoms with Crippen LogP contribution in [0.4, 0.5) is 18.9 Å². The van der Waals surface area contributed by atoms with Crippen molar-refractivity contribution >= 4 is 21.6 Å². The van der Waals surface area contributed by atoms with Gasteiger partial charge in [0.2, 0.25) is 15.9 Å². The van der Waals surface area contributed by atoms with Gasteiger partial charge < -0.3 is 5.32 Å². The molecule has 2 aromatic carbocycles. The zero-order chi connectivity index (χ0) is 21.3. The van der Waals surface area contributed by atoms with Crippen molar-refractivity contribution in [1.29, 1.82) is 0 Å². The van der Waals surface area contributed by atoms with Crippen molar-refractivity contribution in [2.75, 3.05) is 18.9 Å². The van der Waals surface area contributed by atoms with Gasteiger partial charge in [0.25, 0.3) is 0 Å². The number of likely N-dealkylation sites (N-methyl/N-ethyl adjacent to an activating group) is 1. The fourth-order valence-corrected chi connectivity index (χ4v) is 4.49. The molecule has 0 aliphatic carbocycles. The quantitative estimate of drug-likeness (QED) is 0.807. The van der Waals surface area contributed by atoms with E-state index in [9.17, 15) is 26.4 Å². The van der Waals surface area contributed by atoms with Gasteiger partial charge in [-0.2, -0.15) is 17.5 Å². The summed E-state index contributed by atoms with van der Waals surface area (Å²) in [5.74, 6) is -0.659. The maximum atomic E-state index is 12.8. The van der Waals surface area contributed by atoms with Crippen LogP contribution in [0.25, 0.3) is 0 Å². The normalized spacial score (nSPS) is 12.3. The van der Waals surface area contributed by atoms with Gasteiger partial charge in [0.15, 0.2) is 0 Å². The maximum Gasteiger partial charge on any atom is 0.416 e. The largest absolute Gasteiger partial charge is 0.416 e. The zero-order valence-corrected chi connectivity index (χ0v) is 16.7. The minimum Gasteiger partial charge on any atom is -0.325 e. The molecule has 0 aliphatic heterocycles. The number of amides is 1. The third kappa shape index (κ3) is 4.90. The van der Waals surface area contributed by atoms with E-state index < -0.39 is 34.2 Å². The summed E-state index contributed by atoms with van der Waals surface area (Å²) in [6.07, 6.45) is -4.47. The second-order valence-corrected chi connectivity index (χ2v) is 8.59. The number of sulfonamides is 1. The molecule has 0 aliphatic rings. The van der Waals surface area contributed by atoms with Gasteiger partial charge in [0.1, 0.15) is 0 Å². The smallest absolute Gasteiger partial charge is 0.325 e. The third-order valence-electron chi connectivity index (χ3n) is 4.14. The molecule has 0 fully saturated rings. The number of alkyl halides is 3. The number of carbonyl (C=O) groups is 1. The van der Waals surface area contributed by atoms with Crippen LogP contribution < -0.4 is 5.32 Å². The van der Waals surface area contributed by atoms with Crippen molar-refractivity contribution in [1.82, 2.24) is 4.31 Å². The van der Waals surface area contributed by atoms with Crippen LogP contribution in [0, 0.1) is 20.8 Å². The van der Waals surface area contributed by atoms with Crippen LogP contribution in [-0.4, -0.2) is 32.2 Å². The van der Waals surface area contributed by atoms with Gasteiger partial charge in [-0.3, -0.25) is 4.79 Å². The molecule has 1 amide bonds. The Morgan fingerprint density at radius 3 is 2.00 bits per heavy atom. The van der Waals surface area contributed by atoms with E-state index in [1.165, 1.54) is 7.05 Å². The molecule has 1 N–H and O–H groups in total. The van der Waals surface area contributed by atoms with Crippen molar-refractivity contribution in [3.63, 3.8) is 0 Å². The van der Waals surface area contributed by atoms with Crippen LogP contribution in [0.5, 0.6) is 0 Å². The highest BCUT2D eigenvalue weighted by molar-refractivity contribution is 7.89. The van der Waals surface area contributed by atoms with Gasteiger partial charge in [-0.25, -0.2) is 8.42 Å². The van der Waals surface area contributed by atoms with E-state index >= 15 is 0 Å². The molecule has 0 saturated heterocycles. The molecule has 0 saturated carbocycles. The summed E-state index contributed by atoms with van der Waals surface area (Å²) in [5.41, 5.74) is 1.39. The lowest BCUT2D eigenvalue weighted by atomic mass is 10.1. The first-order valence-electron chi connectivity index (χ1n) is 8.33. The molecule has 0 bridgehead atoms. The average molecular weight is 414 g/mol. The average Bonchev–Trinajstić information content (AvgIpc) is 2.52. The standard InChI is InChI=1S/C19H21F3N2O3S/c1-12-9-13(2)18(14(3)10-12)28(26,27)24(4)11-17(25)23-16-7-5-15(6-8-16)19(20,21)22/h5-10H,11H2,1-4H3,(H,23,25). The molecule has 0 atom stereocenters. The van der Waals surface area contributed by atoms with Crippen LogP contribution in [0.3, 0.4) is 0 Å². The van der Waals surface area contributed by atoms with Gasteiger partial charge in [-0.15, -0.1) is 0 Å². The maximum absolute atomic E-state index is 12.8. The molecule has 9 heteroatoms. The number of nitrogens with one attached hydrogen (secondary N) is 1. The van der Waals surface area contributed by atoms with Crippen molar-refractivity contribution in [3.05, 3.63) is 58.7 Å². The first-order valence-corrected chi connectivity index (χ1v) is 9.77. The Morgan fingerprint density at radius 2 is 1.54 bits per heavy atom. The summed E-state index contributed by atoms with van der Waals surface area (Å²) in [7, 11) is -2.63. The highest BCUT2D eigenvalue weighted by Crippen LogP contribution is 2.30. The number of halogens is 3. The molecule has 0 spiro atoms. The molecule has 28 heavy (non-hydrogen) atoms. The fraction of sp³-hybridized carbons (Fsp3) is 0.316. The Morgan fingerprint density at radius 1 is 1.04 bits per heavy atom. The number of carbonyl (C=O) groups excluding carboxylic acids is 1. The summed E-state index contributed by atoms with van der Waals surface area (Å²) in [4.78, 5) is 12.3. The van der Waals surface area contributed by atoms with Gasteiger partial charge in [0.05, 0.1) is 17.0 Å². The lowest BCUT2D eigenvalue weighted by Gasteiger charge is -2.20. The van der Waals surface area contributed by atoms with Gasteiger partial charge in [0, 0.05) is 12.7 Å². The van der Waals surface area contributed by atoms with Crippen LogP contribution in [0.1, 0.15) is 22.3 Å². The zero-order valence-electron chi connectivity index (χ0n) is 15.9. The third-order valence-corrected chi connectivity index (χ3v) is 6.24.